The fraction of sp³-hybridized carbons (Fsp3) is 0.593. The molecule has 4 nitrogen and oxygen atoms in total. The Morgan fingerprint density at radius 2 is 0.384 bits per heavy atom. The van der Waals surface area contributed by atoms with Crippen LogP contribution >= 0.6 is 0 Å². The third kappa shape index (κ3) is 24.8. The van der Waals surface area contributed by atoms with Crippen molar-refractivity contribution in [3.05, 3.63) is 164 Å². The van der Waals surface area contributed by atoms with Gasteiger partial charge in [0.1, 0.15) is 0 Å². The highest BCUT2D eigenvalue weighted by atomic mass is 14.8. The Hall–Kier alpha value is -6.52. The number of H-pyrrole nitrogens is 2. The van der Waals surface area contributed by atoms with Crippen LogP contribution in [0.1, 0.15) is 384 Å². The number of aromatic amines is 2. The van der Waals surface area contributed by atoms with Crippen molar-refractivity contribution in [1.29, 1.82) is 0 Å². The zero-order valence-electron chi connectivity index (χ0n) is 74.3. The zero-order chi connectivity index (χ0) is 79.7. The second kappa shape index (κ2) is 47.5. The summed E-state index contributed by atoms with van der Waals surface area (Å²) in [6.45, 7) is 38.4. The predicted octanol–water partition coefficient (Wildman–Crippen LogP) is 33.4. The average molecular weight is 1510 g/mol. The van der Waals surface area contributed by atoms with E-state index in [2.05, 4.69) is 242 Å². The molecule has 5 heterocycles. The molecule has 2 N–H and O–H groups in total. The van der Waals surface area contributed by atoms with Crippen LogP contribution in [0.15, 0.2) is 97.1 Å². The molecule has 0 saturated heterocycles. The zero-order valence-corrected chi connectivity index (χ0v) is 74.3. The molecule has 0 radical (unpaired) electrons. The Balaban J connectivity index is 1.46. The lowest BCUT2D eigenvalue weighted by molar-refractivity contribution is 0.434. The summed E-state index contributed by atoms with van der Waals surface area (Å²) >= 11 is 0. The van der Waals surface area contributed by atoms with E-state index in [0.717, 1.165) is 118 Å². The Morgan fingerprint density at radius 3 is 0.545 bits per heavy atom. The minimum absolute atomic E-state index is 0.630. The molecule has 9 rings (SSSR count). The third-order valence-electron chi connectivity index (χ3n) is 27.1. The SMILES string of the molecule is CCCCC(CC)Cc1ccc(-c2c3nc(c(-c4ccc(CC(CC)CCCC)c(CC(CC)CCCC)c4)c4ccc([nH]4)c(-c4ccc(CC(CC)CCCC)c(CC(CC)CCCC)c4)c4nc(c(-c5ccc(CC(CC)CCCC)c(CC(CC)CCCC)c5)c5ccc2[nH]5)C=C4)C=C3)cc1CC(CC)CCCC. The summed E-state index contributed by atoms with van der Waals surface area (Å²) in [4.78, 5) is 20.9. The molecule has 0 aliphatic carbocycles. The molecule has 0 amide bonds. The Kier molecular flexibility index (Phi) is 37.9. The number of nitrogens with zero attached hydrogens (tertiary/aromatic N) is 2. The molecule has 8 unspecified atom stereocenters. The number of hydrogen-bond acceptors (Lipinski definition) is 2. The lowest BCUT2D eigenvalue weighted by Crippen LogP contribution is -2.10. The highest BCUT2D eigenvalue weighted by molar-refractivity contribution is 6.00. The maximum absolute atomic E-state index is 6.13. The molecule has 2 aliphatic rings. The van der Waals surface area contributed by atoms with Crippen LogP contribution < -0.4 is 0 Å². The van der Waals surface area contributed by atoms with E-state index in [0.29, 0.717) is 47.3 Å². The number of rotatable bonds is 52. The molecule has 3 aromatic heterocycles. The topological polar surface area (TPSA) is 57.4 Å². The maximum atomic E-state index is 6.13. The molecule has 0 fully saturated rings. The summed E-state index contributed by atoms with van der Waals surface area (Å²) in [6, 6.07) is 40.4. The van der Waals surface area contributed by atoms with E-state index in [9.17, 15) is 0 Å². The average Bonchev–Trinajstić information content (AvgIpc) is 1.60. The molecule has 4 heteroatoms. The minimum Gasteiger partial charge on any atom is -0.354 e. The molecule has 8 atom stereocenters. The van der Waals surface area contributed by atoms with Gasteiger partial charge in [-0.1, -0.05) is 389 Å². The fourth-order valence-electron chi connectivity index (χ4n) is 19.1. The van der Waals surface area contributed by atoms with E-state index in [1.165, 1.54) is 250 Å². The predicted molar refractivity (Wildman–Crippen MR) is 497 cm³/mol. The first-order chi connectivity index (χ1) is 54.8. The van der Waals surface area contributed by atoms with Crippen molar-refractivity contribution in [2.45, 2.75) is 368 Å². The second-order valence-corrected chi connectivity index (χ2v) is 35.4. The summed E-state index contributed by atoms with van der Waals surface area (Å²) in [5.74, 6) is 5.20. The number of benzene rings is 4. The largest absolute Gasteiger partial charge is 0.354 e. The van der Waals surface area contributed by atoms with Gasteiger partial charge in [-0.25, -0.2) is 9.97 Å². The first kappa shape index (κ1) is 89.4. The van der Waals surface area contributed by atoms with Crippen LogP contribution in [0.25, 0.3) is 90.9 Å². The summed E-state index contributed by atoms with van der Waals surface area (Å²) in [6.07, 6.45) is 58.4. The molecule has 0 saturated carbocycles. The second-order valence-electron chi connectivity index (χ2n) is 35.4. The number of unbranched alkanes of at least 4 members (excludes halogenated alkanes) is 8. The van der Waals surface area contributed by atoms with E-state index < -0.39 is 0 Å². The molecule has 7 aromatic rings. The van der Waals surface area contributed by atoms with E-state index in [4.69, 9.17) is 9.97 Å². The van der Waals surface area contributed by atoms with Crippen LogP contribution in [-0.2, 0) is 51.4 Å². The molecule has 2 aliphatic heterocycles. The molecular formula is C108H158N4. The van der Waals surface area contributed by atoms with Gasteiger partial charge in [-0.15, -0.1) is 0 Å². The van der Waals surface area contributed by atoms with Crippen molar-refractivity contribution in [1.82, 2.24) is 19.9 Å². The van der Waals surface area contributed by atoms with Gasteiger partial charge in [0, 0.05) is 44.3 Å². The lowest BCUT2D eigenvalue weighted by atomic mass is 9.84. The van der Waals surface area contributed by atoms with Crippen LogP contribution in [0.2, 0.25) is 0 Å². The van der Waals surface area contributed by atoms with Crippen LogP contribution in [0.4, 0.5) is 0 Å². The van der Waals surface area contributed by atoms with Gasteiger partial charge in [0.2, 0.25) is 0 Å². The van der Waals surface area contributed by atoms with Gasteiger partial charge in [-0.05, 0) is 214 Å². The first-order valence-corrected chi connectivity index (χ1v) is 47.4. The van der Waals surface area contributed by atoms with Crippen molar-refractivity contribution in [2.75, 3.05) is 0 Å². The Labute approximate surface area is 685 Å². The number of fused-ring (bicyclic) bond motifs is 8. The first-order valence-electron chi connectivity index (χ1n) is 47.4. The molecule has 4 aromatic carbocycles. The quantitative estimate of drug-likeness (QED) is 0.0399. The number of nitrogens with one attached hydrogen (secondary N) is 2. The van der Waals surface area contributed by atoms with Crippen molar-refractivity contribution in [3.63, 3.8) is 0 Å². The third-order valence-corrected chi connectivity index (χ3v) is 27.1. The highest BCUT2D eigenvalue weighted by Gasteiger charge is 2.26. The monoisotopic (exact) mass is 1510 g/mol. The molecular weight excluding hydrogens is 1350 g/mol. The normalized spacial score (nSPS) is 14.4. The van der Waals surface area contributed by atoms with Crippen molar-refractivity contribution in [3.8, 4) is 44.5 Å². The Morgan fingerprint density at radius 1 is 0.214 bits per heavy atom. The minimum atomic E-state index is 0.630. The van der Waals surface area contributed by atoms with E-state index >= 15 is 0 Å². The Bertz CT molecular complexity index is 3670. The van der Waals surface area contributed by atoms with E-state index in [1.807, 2.05) is 0 Å². The number of aromatic nitrogens is 4. The van der Waals surface area contributed by atoms with Gasteiger partial charge in [0.15, 0.2) is 0 Å². The highest BCUT2D eigenvalue weighted by Crippen LogP contribution is 2.43. The van der Waals surface area contributed by atoms with Crippen LogP contribution in [0.5, 0.6) is 0 Å². The van der Waals surface area contributed by atoms with Crippen molar-refractivity contribution < 1.29 is 0 Å². The molecule has 610 valence electrons. The van der Waals surface area contributed by atoms with E-state index in [-0.39, 0.29) is 0 Å². The summed E-state index contributed by atoms with van der Waals surface area (Å²) < 4.78 is 0. The molecule has 0 spiro atoms. The molecule has 112 heavy (non-hydrogen) atoms. The van der Waals surface area contributed by atoms with Crippen molar-refractivity contribution in [2.24, 2.45) is 47.3 Å². The van der Waals surface area contributed by atoms with Gasteiger partial charge in [-0.2, -0.15) is 0 Å². The van der Waals surface area contributed by atoms with Gasteiger partial charge in [0.05, 0.1) is 22.8 Å². The lowest BCUT2D eigenvalue weighted by Gasteiger charge is -2.22. The fourth-order valence-corrected chi connectivity index (χ4v) is 19.1. The van der Waals surface area contributed by atoms with Gasteiger partial charge < -0.3 is 9.97 Å². The number of hydrogen-bond donors (Lipinski definition) is 2. The van der Waals surface area contributed by atoms with Gasteiger partial charge >= 0.3 is 0 Å². The van der Waals surface area contributed by atoms with Crippen LogP contribution in [0.3, 0.4) is 0 Å². The summed E-state index contributed by atoms with van der Waals surface area (Å²) in [5, 5.41) is 0. The summed E-state index contributed by atoms with van der Waals surface area (Å²) in [7, 11) is 0. The van der Waals surface area contributed by atoms with Gasteiger partial charge in [-0.3, -0.25) is 0 Å². The smallest absolute Gasteiger partial charge is 0.0737 e. The summed E-state index contributed by atoms with van der Waals surface area (Å²) in [5.41, 5.74) is 30.3. The van der Waals surface area contributed by atoms with Crippen LogP contribution in [0, 0.1) is 47.3 Å². The maximum Gasteiger partial charge on any atom is 0.0737 e. The molecule has 8 bridgehead atoms. The van der Waals surface area contributed by atoms with Crippen LogP contribution in [-0.4, -0.2) is 19.9 Å². The van der Waals surface area contributed by atoms with E-state index in [1.54, 1.807) is 22.3 Å². The van der Waals surface area contributed by atoms with Gasteiger partial charge in [0.25, 0.3) is 0 Å². The van der Waals surface area contributed by atoms with Crippen molar-refractivity contribution >= 4 is 46.4 Å². The standard InChI is InChI=1S/C108H158N4/c1-17-33-41-77(25-9)65-85-49-53-89(73-93(85)69-81(29-13)45-37-21-5)105-97-57-59-99(109-97)106(90-54-50-86(66-78(26-10)42-34-18-2)94(74-90)70-82(30-14)46-38-22-6)101-61-63-103(111-101)108(92-56-52-88(68-80(28-12)44-36-20-4)96(76-92)72-84(32-16)48-40-24-8)104-64-62-102(112-104)107(100-60-58-98(105)110-100)91-55-51-87(67-79(27-11)43-35-19-3)95(75-91)71-83(31-15)47-39-23-7/h49-64,73-84,109,112H,17-48,65-72H2,1-16H3.